The van der Waals surface area contributed by atoms with Crippen LogP contribution in [-0.2, 0) is 24.3 Å². The first-order valence-corrected chi connectivity index (χ1v) is 9.63. The van der Waals surface area contributed by atoms with Gasteiger partial charge in [-0.3, -0.25) is 4.79 Å². The molecule has 3 N–H and O–H groups in total. The molecule has 1 aromatic heterocycles. The Balaban J connectivity index is 1.93. The second kappa shape index (κ2) is 9.13. The molecule has 6 heteroatoms. The quantitative estimate of drug-likeness (QED) is 0.771. The summed E-state index contributed by atoms with van der Waals surface area (Å²) in [5.41, 5.74) is 8.44. The molecule has 1 aliphatic rings. The predicted octanol–water partition coefficient (Wildman–Crippen LogP) is 3.05. The van der Waals surface area contributed by atoms with Crippen LogP contribution in [0.15, 0.2) is 35.5 Å². The number of nitrogens with two attached hydrogens (primary N) is 1. The number of allylic oxidation sites excluding steroid dienone is 4. The van der Waals surface area contributed by atoms with E-state index in [1.165, 1.54) is 5.57 Å². The summed E-state index contributed by atoms with van der Waals surface area (Å²) in [6, 6.07) is -0.0686. The molecule has 1 aliphatic carbocycles. The van der Waals surface area contributed by atoms with Gasteiger partial charge in [-0.1, -0.05) is 50.6 Å². The lowest BCUT2D eigenvalue weighted by Crippen LogP contribution is -2.34. The van der Waals surface area contributed by atoms with E-state index in [2.05, 4.69) is 49.3 Å². The topological polar surface area (TPSA) is 85.8 Å². The SMILES string of the molecule is CC1=CC=CC(NC(=O)CCc2nnc(CCC(C)(C)C)n2CN)C(C)=C1. The molecule has 0 spiro atoms. The highest BCUT2D eigenvalue weighted by Gasteiger charge is 2.17. The van der Waals surface area contributed by atoms with E-state index < -0.39 is 0 Å². The molecule has 0 fully saturated rings. The highest BCUT2D eigenvalue weighted by atomic mass is 16.1. The number of rotatable bonds is 7. The van der Waals surface area contributed by atoms with Gasteiger partial charge < -0.3 is 15.6 Å². The van der Waals surface area contributed by atoms with Crippen LogP contribution in [-0.4, -0.2) is 26.7 Å². The van der Waals surface area contributed by atoms with Crippen LogP contribution >= 0.6 is 0 Å². The molecule has 0 aliphatic heterocycles. The number of carbonyl (C=O) groups is 1. The summed E-state index contributed by atoms with van der Waals surface area (Å²) in [4.78, 5) is 12.4. The first kappa shape index (κ1) is 21.1. The summed E-state index contributed by atoms with van der Waals surface area (Å²) in [6.07, 6.45) is 10.9. The minimum Gasteiger partial charge on any atom is -0.346 e. The van der Waals surface area contributed by atoms with E-state index in [1.807, 2.05) is 29.7 Å². The van der Waals surface area contributed by atoms with Gasteiger partial charge in [-0.05, 0) is 31.3 Å². The molecule has 0 saturated carbocycles. The van der Waals surface area contributed by atoms with Crippen LogP contribution in [0.2, 0.25) is 0 Å². The molecular weight excluding hydrogens is 338 g/mol. The molecule has 1 aromatic rings. The van der Waals surface area contributed by atoms with Crippen molar-refractivity contribution >= 4 is 5.91 Å². The van der Waals surface area contributed by atoms with E-state index >= 15 is 0 Å². The van der Waals surface area contributed by atoms with E-state index in [4.69, 9.17) is 5.73 Å². The van der Waals surface area contributed by atoms with Crippen LogP contribution in [0.5, 0.6) is 0 Å². The first-order valence-electron chi connectivity index (χ1n) is 9.63. The Morgan fingerprint density at radius 1 is 1.22 bits per heavy atom. The van der Waals surface area contributed by atoms with Crippen molar-refractivity contribution in [2.45, 2.75) is 73.0 Å². The third-order valence-corrected chi connectivity index (χ3v) is 4.69. The number of amides is 1. The molecule has 1 unspecified atom stereocenters. The Bertz CT molecular complexity index is 749. The van der Waals surface area contributed by atoms with Gasteiger partial charge in [-0.2, -0.15) is 0 Å². The van der Waals surface area contributed by atoms with Gasteiger partial charge in [0.25, 0.3) is 0 Å². The Kier molecular flexibility index (Phi) is 7.13. The highest BCUT2D eigenvalue weighted by molar-refractivity contribution is 5.77. The summed E-state index contributed by atoms with van der Waals surface area (Å²) in [5.74, 6) is 1.67. The van der Waals surface area contributed by atoms with Crippen molar-refractivity contribution in [3.05, 3.63) is 47.1 Å². The molecule has 1 atom stereocenters. The summed E-state index contributed by atoms with van der Waals surface area (Å²) < 4.78 is 1.93. The summed E-state index contributed by atoms with van der Waals surface area (Å²) >= 11 is 0. The summed E-state index contributed by atoms with van der Waals surface area (Å²) in [5, 5.41) is 11.6. The van der Waals surface area contributed by atoms with E-state index in [9.17, 15) is 4.79 Å². The van der Waals surface area contributed by atoms with Crippen molar-refractivity contribution in [3.8, 4) is 0 Å². The van der Waals surface area contributed by atoms with Crippen LogP contribution in [0.1, 0.15) is 59.1 Å². The van der Waals surface area contributed by atoms with Gasteiger partial charge in [0.1, 0.15) is 11.6 Å². The number of hydrogen-bond acceptors (Lipinski definition) is 4. The normalized spacial score (nSPS) is 17.3. The van der Waals surface area contributed by atoms with Crippen molar-refractivity contribution in [1.29, 1.82) is 0 Å². The second-order valence-electron chi connectivity index (χ2n) is 8.43. The molecule has 27 heavy (non-hydrogen) atoms. The third kappa shape index (κ3) is 6.47. The Hall–Kier alpha value is -2.21. The van der Waals surface area contributed by atoms with E-state index in [1.54, 1.807) is 0 Å². The summed E-state index contributed by atoms with van der Waals surface area (Å²) in [7, 11) is 0. The molecule has 6 nitrogen and oxygen atoms in total. The lowest BCUT2D eigenvalue weighted by atomic mass is 9.90. The monoisotopic (exact) mass is 371 g/mol. The molecular formula is C21H33N5O. The predicted molar refractivity (Wildman–Crippen MR) is 109 cm³/mol. The van der Waals surface area contributed by atoms with E-state index in [-0.39, 0.29) is 17.4 Å². The van der Waals surface area contributed by atoms with Crippen LogP contribution < -0.4 is 11.1 Å². The van der Waals surface area contributed by atoms with Gasteiger partial charge in [0, 0.05) is 19.3 Å². The second-order valence-corrected chi connectivity index (χ2v) is 8.43. The molecule has 2 rings (SSSR count). The zero-order valence-electron chi connectivity index (χ0n) is 17.2. The Labute approximate surface area is 162 Å². The molecule has 0 bridgehead atoms. The van der Waals surface area contributed by atoms with Crippen LogP contribution in [0.3, 0.4) is 0 Å². The maximum Gasteiger partial charge on any atom is 0.221 e. The molecule has 148 valence electrons. The van der Waals surface area contributed by atoms with Crippen molar-refractivity contribution in [2.75, 3.05) is 0 Å². The number of nitrogens with one attached hydrogen (secondary N) is 1. The van der Waals surface area contributed by atoms with Gasteiger partial charge in [-0.15, -0.1) is 10.2 Å². The molecule has 1 amide bonds. The number of hydrogen-bond donors (Lipinski definition) is 2. The van der Waals surface area contributed by atoms with Crippen molar-refractivity contribution in [2.24, 2.45) is 11.1 Å². The molecule has 0 saturated heterocycles. The number of aromatic nitrogens is 3. The fraction of sp³-hybridized carbons (Fsp3) is 0.571. The maximum absolute atomic E-state index is 12.4. The smallest absolute Gasteiger partial charge is 0.221 e. The van der Waals surface area contributed by atoms with Gasteiger partial charge in [0.05, 0.1) is 12.7 Å². The fourth-order valence-corrected chi connectivity index (χ4v) is 3.04. The molecule has 1 heterocycles. The minimum absolute atomic E-state index is 0.000217. The average Bonchev–Trinajstić information content (AvgIpc) is 2.90. The first-order chi connectivity index (χ1) is 12.7. The van der Waals surface area contributed by atoms with Crippen molar-refractivity contribution < 1.29 is 4.79 Å². The van der Waals surface area contributed by atoms with Crippen molar-refractivity contribution in [3.63, 3.8) is 0 Å². The number of nitrogens with zero attached hydrogens (tertiary/aromatic N) is 3. The van der Waals surface area contributed by atoms with Gasteiger partial charge in [0.15, 0.2) is 0 Å². The van der Waals surface area contributed by atoms with Gasteiger partial charge in [0.2, 0.25) is 5.91 Å². The zero-order chi connectivity index (χ0) is 20.0. The van der Waals surface area contributed by atoms with Gasteiger partial charge >= 0.3 is 0 Å². The minimum atomic E-state index is -0.0686. The van der Waals surface area contributed by atoms with Gasteiger partial charge in [-0.25, -0.2) is 0 Å². The lowest BCUT2D eigenvalue weighted by Gasteiger charge is -2.17. The Morgan fingerprint density at radius 2 is 1.89 bits per heavy atom. The fourth-order valence-electron chi connectivity index (χ4n) is 3.04. The molecule has 0 radical (unpaired) electrons. The standard InChI is InChI=1S/C21H33N5O/c1-15-7-6-8-17(16(2)13-15)23-20(27)10-9-18-24-25-19(26(18)14-22)11-12-21(3,4)5/h6-8,13,17H,9-12,14,22H2,1-5H3,(H,23,27). The van der Waals surface area contributed by atoms with Crippen molar-refractivity contribution in [1.82, 2.24) is 20.1 Å². The molecule has 0 aromatic carbocycles. The Morgan fingerprint density at radius 3 is 2.52 bits per heavy atom. The third-order valence-electron chi connectivity index (χ3n) is 4.69. The summed E-state index contributed by atoms with van der Waals surface area (Å²) in [6.45, 7) is 11.0. The zero-order valence-corrected chi connectivity index (χ0v) is 17.2. The number of aryl methyl sites for hydroxylation is 2. The van der Waals surface area contributed by atoms with E-state index in [0.717, 1.165) is 30.1 Å². The van der Waals surface area contributed by atoms with Crippen LogP contribution in [0.4, 0.5) is 0 Å². The average molecular weight is 372 g/mol. The largest absolute Gasteiger partial charge is 0.346 e. The van der Waals surface area contributed by atoms with Crippen LogP contribution in [0.25, 0.3) is 0 Å². The number of carbonyl (C=O) groups excluding carboxylic acids is 1. The van der Waals surface area contributed by atoms with E-state index in [0.29, 0.717) is 19.5 Å². The highest BCUT2D eigenvalue weighted by Crippen LogP contribution is 2.21. The maximum atomic E-state index is 12.4. The van der Waals surface area contributed by atoms with Crippen LogP contribution in [0, 0.1) is 5.41 Å². The lowest BCUT2D eigenvalue weighted by molar-refractivity contribution is -0.121.